The van der Waals surface area contributed by atoms with Crippen LogP contribution in [0.2, 0.25) is 0 Å². The van der Waals surface area contributed by atoms with E-state index in [0.717, 1.165) is 31.8 Å². The van der Waals surface area contributed by atoms with Gasteiger partial charge in [0, 0.05) is 11.6 Å². The number of carbonyl (C=O) groups excluding carboxylic acids is 1. The molecule has 0 bridgehead atoms. The van der Waals surface area contributed by atoms with Gasteiger partial charge in [0.2, 0.25) is 5.91 Å². The van der Waals surface area contributed by atoms with Gasteiger partial charge in [0.25, 0.3) is 0 Å². The van der Waals surface area contributed by atoms with Gasteiger partial charge in [0.15, 0.2) is 0 Å². The van der Waals surface area contributed by atoms with Crippen LogP contribution in [0.3, 0.4) is 0 Å². The summed E-state index contributed by atoms with van der Waals surface area (Å²) >= 11 is 0. The predicted molar refractivity (Wildman–Crippen MR) is 53.7 cm³/mol. The van der Waals surface area contributed by atoms with Gasteiger partial charge in [-0.3, -0.25) is 4.79 Å². The quantitative estimate of drug-likeness (QED) is 0.481. The molecule has 0 rings (SSSR count). The van der Waals surface area contributed by atoms with Crippen molar-refractivity contribution in [2.75, 3.05) is 0 Å². The van der Waals surface area contributed by atoms with Gasteiger partial charge in [-0.15, -0.1) is 0 Å². The van der Waals surface area contributed by atoms with Gasteiger partial charge in [-0.25, -0.2) is 4.79 Å². The third-order valence-corrected chi connectivity index (χ3v) is 1.89. The van der Waals surface area contributed by atoms with E-state index in [1.807, 2.05) is 0 Å². The number of unbranched alkanes of at least 4 members (excludes halogenated alkanes) is 3. The first kappa shape index (κ1) is 12.7. The lowest BCUT2D eigenvalue weighted by atomic mass is 10.1. The molecular weight excluding hydrogens is 182 g/mol. The molecule has 0 radical (unpaired) electrons. The largest absolute Gasteiger partial charge is 0.478 e. The summed E-state index contributed by atoms with van der Waals surface area (Å²) in [5, 5.41) is 8.70. The van der Waals surface area contributed by atoms with Crippen molar-refractivity contribution in [1.29, 1.82) is 0 Å². The average molecular weight is 199 g/mol. The van der Waals surface area contributed by atoms with Crippen molar-refractivity contribution in [3.8, 4) is 0 Å². The molecule has 0 aliphatic rings. The average Bonchev–Trinajstić information content (AvgIpc) is 2.09. The standard InChI is InChI=1S/C10H17NO3/c1-2-3-4-5-6-8(10(13)14)7-9(11)12/h7H,2-6H2,1H3,(H2,11,12)(H,13,14)/b8-7-. The molecule has 0 heterocycles. The molecule has 0 fully saturated rings. The van der Waals surface area contributed by atoms with Crippen molar-refractivity contribution in [1.82, 2.24) is 0 Å². The van der Waals surface area contributed by atoms with E-state index in [-0.39, 0.29) is 5.57 Å². The van der Waals surface area contributed by atoms with Crippen LogP contribution in [0.4, 0.5) is 0 Å². The molecule has 4 heteroatoms. The second kappa shape index (κ2) is 7.12. The number of aliphatic carboxylic acids is 1. The molecule has 0 aromatic heterocycles. The van der Waals surface area contributed by atoms with Crippen LogP contribution in [0.1, 0.15) is 39.0 Å². The number of carboxylic acid groups (broad SMARTS) is 1. The van der Waals surface area contributed by atoms with Gasteiger partial charge in [-0.1, -0.05) is 26.2 Å². The summed E-state index contributed by atoms with van der Waals surface area (Å²) in [7, 11) is 0. The van der Waals surface area contributed by atoms with Crippen molar-refractivity contribution in [2.24, 2.45) is 5.73 Å². The first-order valence-corrected chi connectivity index (χ1v) is 4.81. The molecule has 0 aliphatic carbocycles. The fraction of sp³-hybridized carbons (Fsp3) is 0.600. The number of primary amides is 1. The number of hydrogen-bond acceptors (Lipinski definition) is 2. The fourth-order valence-corrected chi connectivity index (χ4v) is 1.15. The second-order valence-corrected chi connectivity index (χ2v) is 3.19. The molecule has 14 heavy (non-hydrogen) atoms. The van der Waals surface area contributed by atoms with Crippen molar-refractivity contribution in [3.63, 3.8) is 0 Å². The number of rotatable bonds is 7. The van der Waals surface area contributed by atoms with Crippen LogP contribution in [-0.4, -0.2) is 17.0 Å². The van der Waals surface area contributed by atoms with E-state index >= 15 is 0 Å². The van der Waals surface area contributed by atoms with E-state index in [9.17, 15) is 9.59 Å². The Morgan fingerprint density at radius 3 is 2.36 bits per heavy atom. The molecule has 80 valence electrons. The Morgan fingerprint density at radius 2 is 1.93 bits per heavy atom. The Labute approximate surface area is 83.8 Å². The molecule has 0 unspecified atom stereocenters. The van der Waals surface area contributed by atoms with Crippen LogP contribution in [-0.2, 0) is 9.59 Å². The molecule has 0 saturated heterocycles. The monoisotopic (exact) mass is 199 g/mol. The van der Waals surface area contributed by atoms with Gasteiger partial charge in [0.05, 0.1) is 0 Å². The van der Waals surface area contributed by atoms with Crippen molar-refractivity contribution < 1.29 is 14.7 Å². The number of hydrogen-bond donors (Lipinski definition) is 2. The summed E-state index contributed by atoms with van der Waals surface area (Å²) in [6.07, 6.45) is 5.37. The molecule has 1 amide bonds. The zero-order valence-corrected chi connectivity index (χ0v) is 8.45. The first-order valence-electron chi connectivity index (χ1n) is 4.81. The predicted octanol–water partition coefficient (Wildman–Crippen LogP) is 1.45. The lowest BCUT2D eigenvalue weighted by molar-refractivity contribution is -0.133. The van der Waals surface area contributed by atoms with E-state index in [1.165, 1.54) is 0 Å². The summed E-state index contributed by atoms with van der Waals surface area (Å²) < 4.78 is 0. The summed E-state index contributed by atoms with van der Waals surface area (Å²) in [6, 6.07) is 0. The highest BCUT2D eigenvalue weighted by atomic mass is 16.4. The van der Waals surface area contributed by atoms with Gasteiger partial charge in [-0.2, -0.15) is 0 Å². The summed E-state index contributed by atoms with van der Waals surface area (Å²) in [5.41, 5.74) is 4.99. The molecule has 0 saturated carbocycles. The highest BCUT2D eigenvalue weighted by Gasteiger charge is 2.07. The highest BCUT2D eigenvalue weighted by Crippen LogP contribution is 2.10. The van der Waals surface area contributed by atoms with Gasteiger partial charge in [-0.05, 0) is 12.8 Å². The fourth-order valence-electron chi connectivity index (χ4n) is 1.15. The molecular formula is C10H17NO3. The zero-order valence-electron chi connectivity index (χ0n) is 8.45. The third-order valence-electron chi connectivity index (χ3n) is 1.89. The van der Waals surface area contributed by atoms with Gasteiger partial charge < -0.3 is 10.8 Å². The van der Waals surface area contributed by atoms with Crippen molar-refractivity contribution in [3.05, 3.63) is 11.6 Å². The molecule has 0 aromatic carbocycles. The molecule has 3 N–H and O–H groups in total. The summed E-state index contributed by atoms with van der Waals surface area (Å²) in [4.78, 5) is 21.1. The van der Waals surface area contributed by atoms with E-state index in [1.54, 1.807) is 0 Å². The van der Waals surface area contributed by atoms with Crippen LogP contribution < -0.4 is 5.73 Å². The van der Waals surface area contributed by atoms with E-state index in [4.69, 9.17) is 10.8 Å². The van der Waals surface area contributed by atoms with Crippen LogP contribution >= 0.6 is 0 Å². The molecule has 0 aromatic rings. The molecule has 4 nitrogen and oxygen atoms in total. The lowest BCUT2D eigenvalue weighted by Gasteiger charge is -2.00. The lowest BCUT2D eigenvalue weighted by Crippen LogP contribution is -2.11. The maximum Gasteiger partial charge on any atom is 0.331 e. The Balaban J connectivity index is 3.99. The first-order chi connectivity index (χ1) is 6.57. The van der Waals surface area contributed by atoms with E-state index in [2.05, 4.69) is 6.92 Å². The topological polar surface area (TPSA) is 80.4 Å². The van der Waals surface area contributed by atoms with Crippen LogP contribution in [0, 0.1) is 0 Å². The number of carboxylic acids is 1. The van der Waals surface area contributed by atoms with E-state index in [0.29, 0.717) is 6.42 Å². The Bertz CT molecular complexity index is 234. The van der Waals surface area contributed by atoms with E-state index < -0.39 is 11.9 Å². The van der Waals surface area contributed by atoms with Crippen molar-refractivity contribution in [2.45, 2.75) is 39.0 Å². The number of carbonyl (C=O) groups is 2. The van der Waals surface area contributed by atoms with Gasteiger partial charge in [0.1, 0.15) is 0 Å². The molecule has 0 atom stereocenters. The van der Waals surface area contributed by atoms with Crippen molar-refractivity contribution >= 4 is 11.9 Å². The normalized spacial score (nSPS) is 11.4. The Hall–Kier alpha value is -1.32. The Morgan fingerprint density at radius 1 is 1.29 bits per heavy atom. The third kappa shape index (κ3) is 6.22. The SMILES string of the molecule is CCCCCC/C(=C/C(N)=O)C(=O)O. The van der Waals surface area contributed by atoms with Gasteiger partial charge >= 0.3 is 5.97 Å². The minimum Gasteiger partial charge on any atom is -0.478 e. The maximum absolute atomic E-state index is 10.6. The number of amides is 1. The second-order valence-electron chi connectivity index (χ2n) is 3.19. The number of nitrogens with two attached hydrogens (primary N) is 1. The summed E-state index contributed by atoms with van der Waals surface area (Å²) in [5.74, 6) is -1.75. The maximum atomic E-state index is 10.6. The molecule has 0 aliphatic heterocycles. The van der Waals surface area contributed by atoms with Crippen LogP contribution in [0.25, 0.3) is 0 Å². The highest BCUT2D eigenvalue weighted by molar-refractivity contribution is 5.96. The minimum absolute atomic E-state index is 0.105. The Kier molecular flexibility index (Phi) is 6.45. The van der Waals surface area contributed by atoms with Crippen LogP contribution in [0.5, 0.6) is 0 Å². The van der Waals surface area contributed by atoms with Crippen LogP contribution in [0.15, 0.2) is 11.6 Å². The zero-order chi connectivity index (χ0) is 11.0. The minimum atomic E-state index is -1.06. The smallest absolute Gasteiger partial charge is 0.331 e. The summed E-state index contributed by atoms with van der Waals surface area (Å²) in [6.45, 7) is 2.08. The molecule has 0 spiro atoms.